The molecule has 4 nitrogen and oxygen atoms in total. The number of carbonyl (C=O) groups is 1. The van der Waals surface area contributed by atoms with E-state index in [0.29, 0.717) is 24.5 Å². The van der Waals surface area contributed by atoms with Gasteiger partial charge < -0.3 is 10.4 Å². The largest absolute Gasteiger partial charge is 0.392 e. The highest BCUT2D eigenvalue weighted by molar-refractivity contribution is 7.84. The van der Waals surface area contributed by atoms with Crippen molar-refractivity contribution in [2.24, 2.45) is 0 Å². The van der Waals surface area contributed by atoms with E-state index < -0.39 is 10.8 Å². The molecule has 0 radical (unpaired) electrons. The van der Waals surface area contributed by atoms with Crippen molar-refractivity contribution in [2.75, 3.05) is 12.3 Å². The standard InChI is InChI=1S/C13H19NO3S/c1-2-14-13(16)7-8-18(17)10-12-5-3-11(9-15)4-6-12/h3-6,15H,2,7-10H2,1H3,(H,14,16). The quantitative estimate of drug-likeness (QED) is 0.774. The molecular weight excluding hydrogens is 250 g/mol. The highest BCUT2D eigenvalue weighted by Crippen LogP contribution is 2.07. The zero-order chi connectivity index (χ0) is 13.4. The molecule has 2 N–H and O–H groups in total. The lowest BCUT2D eigenvalue weighted by Gasteiger charge is -2.04. The van der Waals surface area contributed by atoms with Crippen LogP contribution >= 0.6 is 0 Å². The van der Waals surface area contributed by atoms with Crippen LogP contribution in [-0.4, -0.2) is 27.5 Å². The molecule has 1 amide bonds. The summed E-state index contributed by atoms with van der Waals surface area (Å²) in [7, 11) is -1.03. The van der Waals surface area contributed by atoms with Gasteiger partial charge in [0.15, 0.2) is 0 Å². The van der Waals surface area contributed by atoms with Gasteiger partial charge in [0.05, 0.1) is 6.61 Å². The van der Waals surface area contributed by atoms with Crippen molar-refractivity contribution in [3.8, 4) is 0 Å². The van der Waals surface area contributed by atoms with E-state index in [-0.39, 0.29) is 12.5 Å². The van der Waals surface area contributed by atoms with Crippen molar-refractivity contribution >= 4 is 16.7 Å². The minimum absolute atomic E-state index is 0.0144. The van der Waals surface area contributed by atoms with Crippen LogP contribution in [0.15, 0.2) is 24.3 Å². The van der Waals surface area contributed by atoms with Crippen LogP contribution in [0.1, 0.15) is 24.5 Å². The number of benzene rings is 1. The molecule has 1 atom stereocenters. The van der Waals surface area contributed by atoms with E-state index in [1.807, 2.05) is 31.2 Å². The van der Waals surface area contributed by atoms with Gasteiger partial charge in [-0.2, -0.15) is 0 Å². The van der Waals surface area contributed by atoms with Crippen molar-refractivity contribution in [1.29, 1.82) is 0 Å². The summed E-state index contributed by atoms with van der Waals surface area (Å²) < 4.78 is 11.8. The maximum atomic E-state index is 11.8. The fourth-order valence-electron chi connectivity index (χ4n) is 1.49. The van der Waals surface area contributed by atoms with Crippen LogP contribution in [0.5, 0.6) is 0 Å². The summed E-state index contributed by atoms with van der Waals surface area (Å²) >= 11 is 0. The molecule has 0 heterocycles. The van der Waals surface area contributed by atoms with Crippen LogP contribution in [0.4, 0.5) is 0 Å². The Labute approximate surface area is 110 Å². The third kappa shape index (κ3) is 5.42. The Balaban J connectivity index is 2.37. The minimum Gasteiger partial charge on any atom is -0.392 e. The number of aliphatic hydroxyl groups excluding tert-OH is 1. The van der Waals surface area contributed by atoms with Crippen molar-refractivity contribution in [3.63, 3.8) is 0 Å². The Bertz CT molecular complexity index is 403. The number of hydrogen-bond acceptors (Lipinski definition) is 3. The first-order chi connectivity index (χ1) is 8.65. The van der Waals surface area contributed by atoms with E-state index in [0.717, 1.165) is 11.1 Å². The molecule has 5 heteroatoms. The van der Waals surface area contributed by atoms with E-state index in [4.69, 9.17) is 5.11 Å². The van der Waals surface area contributed by atoms with Gasteiger partial charge in [0, 0.05) is 35.3 Å². The summed E-state index contributed by atoms with van der Waals surface area (Å²) in [5, 5.41) is 11.6. The first-order valence-electron chi connectivity index (χ1n) is 5.96. The topological polar surface area (TPSA) is 66.4 Å². The van der Waals surface area contributed by atoms with Gasteiger partial charge in [0.2, 0.25) is 5.91 Å². The summed E-state index contributed by atoms with van der Waals surface area (Å²) in [6.45, 7) is 2.48. The molecule has 0 saturated carbocycles. The second-order valence-electron chi connectivity index (χ2n) is 3.97. The van der Waals surface area contributed by atoms with E-state index in [2.05, 4.69) is 5.32 Å². The van der Waals surface area contributed by atoms with Crippen molar-refractivity contribution in [3.05, 3.63) is 35.4 Å². The Morgan fingerprint density at radius 2 is 1.89 bits per heavy atom. The van der Waals surface area contributed by atoms with E-state index in [1.54, 1.807) is 0 Å². The van der Waals surface area contributed by atoms with Gasteiger partial charge >= 0.3 is 0 Å². The van der Waals surface area contributed by atoms with Gasteiger partial charge in [-0.3, -0.25) is 9.00 Å². The van der Waals surface area contributed by atoms with Gasteiger partial charge in [-0.25, -0.2) is 0 Å². The van der Waals surface area contributed by atoms with Gasteiger partial charge in [-0.1, -0.05) is 24.3 Å². The number of amides is 1. The van der Waals surface area contributed by atoms with Crippen LogP contribution in [-0.2, 0) is 28.0 Å². The summed E-state index contributed by atoms with van der Waals surface area (Å²) in [6.07, 6.45) is 0.301. The Morgan fingerprint density at radius 1 is 1.28 bits per heavy atom. The normalized spacial score (nSPS) is 12.1. The smallest absolute Gasteiger partial charge is 0.220 e. The van der Waals surface area contributed by atoms with Crippen LogP contribution in [0, 0.1) is 0 Å². The van der Waals surface area contributed by atoms with Gasteiger partial charge in [-0.05, 0) is 18.1 Å². The molecule has 1 aromatic rings. The highest BCUT2D eigenvalue weighted by Gasteiger charge is 2.05. The molecule has 0 spiro atoms. The maximum absolute atomic E-state index is 11.8. The second-order valence-corrected chi connectivity index (χ2v) is 5.54. The Kier molecular flexibility index (Phi) is 6.60. The molecule has 1 unspecified atom stereocenters. The number of rotatable bonds is 7. The third-order valence-corrected chi connectivity index (χ3v) is 3.78. The first-order valence-corrected chi connectivity index (χ1v) is 7.45. The van der Waals surface area contributed by atoms with Crippen LogP contribution in [0.25, 0.3) is 0 Å². The van der Waals surface area contributed by atoms with Crippen molar-refractivity contribution < 1.29 is 14.1 Å². The molecule has 0 aliphatic carbocycles. The lowest BCUT2D eigenvalue weighted by molar-refractivity contribution is -0.120. The monoisotopic (exact) mass is 269 g/mol. The van der Waals surface area contributed by atoms with E-state index in [1.165, 1.54) is 0 Å². The fraction of sp³-hybridized carbons (Fsp3) is 0.462. The molecule has 1 rings (SSSR count). The number of aliphatic hydroxyl groups is 1. The predicted octanol–water partition coefficient (Wildman–Crippen LogP) is 0.954. The van der Waals surface area contributed by atoms with Crippen LogP contribution < -0.4 is 5.32 Å². The van der Waals surface area contributed by atoms with Gasteiger partial charge in [0.1, 0.15) is 0 Å². The summed E-state index contributed by atoms with van der Waals surface area (Å²) in [6, 6.07) is 7.35. The summed E-state index contributed by atoms with van der Waals surface area (Å²) in [5.74, 6) is 0.778. The fourth-order valence-corrected chi connectivity index (χ4v) is 2.61. The third-order valence-electron chi connectivity index (χ3n) is 2.46. The van der Waals surface area contributed by atoms with E-state index in [9.17, 15) is 9.00 Å². The van der Waals surface area contributed by atoms with Crippen molar-refractivity contribution in [2.45, 2.75) is 25.7 Å². The number of nitrogens with one attached hydrogen (secondary N) is 1. The lowest BCUT2D eigenvalue weighted by Crippen LogP contribution is -2.24. The summed E-state index contributed by atoms with van der Waals surface area (Å²) in [4.78, 5) is 11.2. The van der Waals surface area contributed by atoms with Crippen LogP contribution in [0.3, 0.4) is 0 Å². The molecular formula is C13H19NO3S. The van der Waals surface area contributed by atoms with Gasteiger partial charge in [-0.15, -0.1) is 0 Å². The molecule has 0 aromatic heterocycles. The van der Waals surface area contributed by atoms with Crippen LogP contribution in [0.2, 0.25) is 0 Å². The van der Waals surface area contributed by atoms with E-state index >= 15 is 0 Å². The first kappa shape index (κ1) is 14.9. The molecule has 0 aliphatic rings. The molecule has 0 aliphatic heterocycles. The maximum Gasteiger partial charge on any atom is 0.220 e. The molecule has 0 bridgehead atoms. The average Bonchev–Trinajstić information content (AvgIpc) is 2.38. The Morgan fingerprint density at radius 3 is 2.44 bits per heavy atom. The van der Waals surface area contributed by atoms with Gasteiger partial charge in [0.25, 0.3) is 0 Å². The zero-order valence-corrected chi connectivity index (χ0v) is 11.3. The second kappa shape index (κ2) is 8.00. The lowest BCUT2D eigenvalue weighted by atomic mass is 10.2. The average molecular weight is 269 g/mol. The molecule has 100 valence electrons. The minimum atomic E-state index is -1.03. The number of carbonyl (C=O) groups excluding carboxylic acids is 1. The predicted molar refractivity (Wildman–Crippen MR) is 72.4 cm³/mol. The summed E-state index contributed by atoms with van der Waals surface area (Å²) in [5.41, 5.74) is 1.80. The molecule has 18 heavy (non-hydrogen) atoms. The number of hydrogen-bond donors (Lipinski definition) is 2. The SMILES string of the molecule is CCNC(=O)CCS(=O)Cc1ccc(CO)cc1. The molecule has 0 saturated heterocycles. The zero-order valence-electron chi connectivity index (χ0n) is 10.5. The molecule has 0 fully saturated rings. The molecule has 1 aromatic carbocycles. The Hall–Kier alpha value is -1.20. The van der Waals surface area contributed by atoms with Crippen molar-refractivity contribution in [1.82, 2.24) is 5.32 Å². The highest BCUT2D eigenvalue weighted by atomic mass is 32.2.